The smallest absolute Gasteiger partial charge is 0.258 e. The van der Waals surface area contributed by atoms with Gasteiger partial charge in [0, 0.05) is 31.4 Å². The predicted molar refractivity (Wildman–Crippen MR) is 117 cm³/mol. The fourth-order valence-corrected chi connectivity index (χ4v) is 5.95. The maximum atomic E-state index is 13.2. The monoisotopic (exact) mass is 414 g/mol. The minimum atomic E-state index is -3.63. The molecule has 1 aliphatic heterocycles. The van der Waals surface area contributed by atoms with Crippen LogP contribution in [-0.4, -0.2) is 38.8 Å². The summed E-state index contributed by atoms with van der Waals surface area (Å²) in [5.74, 6) is 0.428. The van der Waals surface area contributed by atoms with E-state index in [9.17, 15) is 13.2 Å². The number of hydrogen-bond acceptors (Lipinski definition) is 3. The van der Waals surface area contributed by atoms with E-state index in [1.807, 2.05) is 32.0 Å². The van der Waals surface area contributed by atoms with E-state index in [1.54, 1.807) is 34.5 Å². The molecule has 1 saturated heterocycles. The largest absolute Gasteiger partial charge is 0.311 e. The van der Waals surface area contributed by atoms with Gasteiger partial charge in [-0.25, -0.2) is 8.42 Å². The first-order chi connectivity index (χ1) is 13.6. The Hall–Kier alpha value is -2.18. The van der Waals surface area contributed by atoms with Crippen molar-refractivity contribution in [2.24, 2.45) is 11.8 Å². The van der Waals surface area contributed by atoms with Crippen LogP contribution in [0.2, 0.25) is 0 Å². The van der Waals surface area contributed by atoms with Gasteiger partial charge in [0.25, 0.3) is 5.91 Å². The van der Waals surface area contributed by atoms with Gasteiger partial charge in [-0.15, -0.1) is 0 Å². The number of rotatable bonds is 4. The summed E-state index contributed by atoms with van der Waals surface area (Å²) in [4.78, 5) is 14.8. The van der Waals surface area contributed by atoms with Crippen LogP contribution < -0.4 is 4.90 Å². The molecule has 3 rings (SSSR count). The highest BCUT2D eigenvalue weighted by atomic mass is 32.2. The van der Waals surface area contributed by atoms with Crippen molar-refractivity contribution in [3.8, 4) is 0 Å². The number of amides is 1. The Morgan fingerprint density at radius 1 is 1.03 bits per heavy atom. The number of anilines is 1. The second-order valence-corrected chi connectivity index (χ2v) is 10.4. The molecule has 0 aromatic heterocycles. The molecule has 1 amide bonds. The van der Waals surface area contributed by atoms with E-state index in [4.69, 9.17) is 0 Å². The Morgan fingerprint density at radius 2 is 1.69 bits per heavy atom. The lowest BCUT2D eigenvalue weighted by Gasteiger charge is -2.34. The van der Waals surface area contributed by atoms with Gasteiger partial charge < -0.3 is 4.90 Å². The van der Waals surface area contributed by atoms with E-state index in [0.717, 1.165) is 23.2 Å². The summed E-state index contributed by atoms with van der Waals surface area (Å²) in [6, 6.07) is 12.3. The number of hydrogen-bond donors (Lipinski definition) is 0. The number of aryl methyl sites for hydroxylation is 2. The Labute approximate surface area is 174 Å². The summed E-state index contributed by atoms with van der Waals surface area (Å²) in [5.41, 5.74) is 3.31. The van der Waals surface area contributed by atoms with Crippen LogP contribution in [0.5, 0.6) is 0 Å². The van der Waals surface area contributed by atoms with E-state index in [0.29, 0.717) is 30.5 Å². The van der Waals surface area contributed by atoms with Crippen molar-refractivity contribution in [1.82, 2.24) is 4.31 Å². The fourth-order valence-electron chi connectivity index (χ4n) is 4.23. The zero-order valence-corrected chi connectivity index (χ0v) is 18.7. The number of carbonyl (C=O) groups excluding carboxylic acids is 1. The van der Waals surface area contributed by atoms with Gasteiger partial charge in [0.2, 0.25) is 10.0 Å². The molecule has 0 N–H and O–H groups in total. The van der Waals surface area contributed by atoms with Crippen LogP contribution in [-0.2, 0) is 10.0 Å². The van der Waals surface area contributed by atoms with E-state index in [-0.39, 0.29) is 10.8 Å². The molecule has 1 fully saturated rings. The molecule has 156 valence electrons. The van der Waals surface area contributed by atoms with Crippen molar-refractivity contribution in [2.75, 3.05) is 25.0 Å². The molecule has 0 radical (unpaired) electrons. The Kier molecular flexibility index (Phi) is 6.15. The van der Waals surface area contributed by atoms with Crippen LogP contribution in [0.25, 0.3) is 0 Å². The first-order valence-corrected chi connectivity index (χ1v) is 11.5. The number of sulfonamides is 1. The lowest BCUT2D eigenvalue weighted by Crippen LogP contribution is -2.42. The Balaban J connectivity index is 1.89. The fraction of sp³-hybridized carbons (Fsp3) is 0.435. The molecule has 1 heterocycles. The van der Waals surface area contributed by atoms with Crippen LogP contribution in [0.4, 0.5) is 5.69 Å². The molecule has 1 aliphatic rings. The van der Waals surface area contributed by atoms with E-state index < -0.39 is 10.0 Å². The van der Waals surface area contributed by atoms with Crippen molar-refractivity contribution in [2.45, 2.75) is 39.0 Å². The summed E-state index contributed by atoms with van der Waals surface area (Å²) in [6.45, 7) is 9.18. The maximum absolute atomic E-state index is 13.2. The average Bonchev–Trinajstić information content (AvgIpc) is 2.66. The van der Waals surface area contributed by atoms with Crippen molar-refractivity contribution in [3.63, 3.8) is 0 Å². The molecular weight excluding hydrogens is 384 g/mol. The molecule has 6 heteroatoms. The highest BCUT2D eigenvalue weighted by Crippen LogP contribution is 2.28. The average molecular weight is 415 g/mol. The van der Waals surface area contributed by atoms with Crippen LogP contribution >= 0.6 is 0 Å². The van der Waals surface area contributed by atoms with E-state index >= 15 is 0 Å². The molecule has 29 heavy (non-hydrogen) atoms. The van der Waals surface area contributed by atoms with Crippen molar-refractivity contribution in [1.29, 1.82) is 0 Å². The summed E-state index contributed by atoms with van der Waals surface area (Å²) in [7, 11) is -1.91. The topological polar surface area (TPSA) is 57.7 Å². The summed E-state index contributed by atoms with van der Waals surface area (Å²) in [6.07, 6.45) is 1.03. The summed E-state index contributed by atoms with van der Waals surface area (Å²) < 4.78 is 27.9. The molecule has 2 atom stereocenters. The first-order valence-electron chi connectivity index (χ1n) is 10.0. The third-order valence-electron chi connectivity index (χ3n) is 5.57. The second kappa shape index (κ2) is 8.28. The van der Waals surface area contributed by atoms with Crippen molar-refractivity contribution >= 4 is 21.6 Å². The number of nitrogens with zero attached hydrogens (tertiary/aromatic N) is 2. The molecular formula is C23H30N2O3S. The highest BCUT2D eigenvalue weighted by Gasteiger charge is 2.32. The highest BCUT2D eigenvalue weighted by molar-refractivity contribution is 7.89. The zero-order valence-electron chi connectivity index (χ0n) is 17.8. The SMILES string of the molecule is Cc1ccc(N(C)C(=O)c2cccc(S(=O)(=O)N3CC(C)CC(C)C3)c2)c(C)c1. The van der Waals surface area contributed by atoms with Gasteiger partial charge in [0.05, 0.1) is 4.90 Å². The minimum absolute atomic E-state index is 0.179. The van der Waals surface area contributed by atoms with Gasteiger partial charge in [0.1, 0.15) is 0 Å². The first kappa shape index (κ1) is 21.5. The normalized spacial score (nSPS) is 20.4. The lowest BCUT2D eigenvalue weighted by atomic mass is 9.94. The Morgan fingerprint density at radius 3 is 2.31 bits per heavy atom. The molecule has 0 saturated carbocycles. The summed E-state index contributed by atoms with van der Waals surface area (Å²) in [5, 5.41) is 0. The molecule has 0 spiro atoms. The number of piperidine rings is 1. The predicted octanol–water partition coefficient (Wildman–Crippen LogP) is 4.25. The number of carbonyl (C=O) groups is 1. The van der Waals surface area contributed by atoms with Gasteiger partial charge in [0.15, 0.2) is 0 Å². The third-order valence-corrected chi connectivity index (χ3v) is 7.40. The molecule has 2 aromatic rings. The van der Waals surface area contributed by atoms with Gasteiger partial charge >= 0.3 is 0 Å². The van der Waals surface area contributed by atoms with Crippen LogP contribution in [0, 0.1) is 25.7 Å². The van der Waals surface area contributed by atoms with Crippen molar-refractivity contribution < 1.29 is 13.2 Å². The third kappa shape index (κ3) is 4.54. The van der Waals surface area contributed by atoms with Gasteiger partial charge in [-0.1, -0.05) is 37.6 Å². The maximum Gasteiger partial charge on any atom is 0.258 e. The molecule has 0 bridgehead atoms. The van der Waals surface area contributed by atoms with Crippen LogP contribution in [0.1, 0.15) is 41.8 Å². The second-order valence-electron chi connectivity index (χ2n) is 8.45. The van der Waals surface area contributed by atoms with Crippen molar-refractivity contribution in [3.05, 3.63) is 59.2 Å². The lowest BCUT2D eigenvalue weighted by molar-refractivity contribution is 0.0992. The standard InChI is InChI=1S/C23H30N2O3S/c1-16-9-10-22(19(4)12-16)24(5)23(26)20-7-6-8-21(13-20)29(27,28)25-14-17(2)11-18(3)15-25/h6-10,12-13,17-18H,11,14-15H2,1-5H3. The Bertz CT molecular complexity index is 1010. The van der Waals surface area contributed by atoms with Crippen LogP contribution in [0.15, 0.2) is 47.4 Å². The zero-order chi connectivity index (χ0) is 21.3. The molecule has 0 aliphatic carbocycles. The van der Waals surface area contributed by atoms with E-state index in [2.05, 4.69) is 13.8 Å². The molecule has 2 aromatic carbocycles. The van der Waals surface area contributed by atoms with Gasteiger partial charge in [-0.3, -0.25) is 4.79 Å². The van der Waals surface area contributed by atoms with Crippen LogP contribution in [0.3, 0.4) is 0 Å². The van der Waals surface area contributed by atoms with E-state index in [1.165, 1.54) is 6.07 Å². The van der Waals surface area contributed by atoms with Gasteiger partial charge in [-0.05, 0) is 61.9 Å². The van der Waals surface area contributed by atoms with Gasteiger partial charge in [-0.2, -0.15) is 4.31 Å². The molecule has 2 unspecified atom stereocenters. The quantitative estimate of drug-likeness (QED) is 0.752. The minimum Gasteiger partial charge on any atom is -0.311 e. The molecule has 5 nitrogen and oxygen atoms in total. The summed E-state index contributed by atoms with van der Waals surface area (Å²) >= 11 is 0. The number of benzene rings is 2.